The van der Waals surface area contributed by atoms with Gasteiger partial charge in [-0.3, -0.25) is 0 Å². The lowest BCUT2D eigenvalue weighted by Gasteiger charge is -2.01. The fourth-order valence-electron chi connectivity index (χ4n) is 1.31. The molecular formula is C12H26. The summed E-state index contributed by atoms with van der Waals surface area (Å²) in [4.78, 5) is 0. The zero-order valence-electron chi connectivity index (χ0n) is 9.56. The van der Waals surface area contributed by atoms with E-state index in [4.69, 9.17) is 0 Å². The predicted molar refractivity (Wildman–Crippen MR) is 59.5 cm³/mol. The van der Waals surface area contributed by atoms with Gasteiger partial charge in [0.1, 0.15) is 0 Å². The van der Waals surface area contributed by atoms with E-state index in [2.05, 4.69) is 19.1 Å². The molecule has 12 heavy (non-hydrogen) atoms. The third kappa shape index (κ3) is 7.84. The van der Waals surface area contributed by atoms with Gasteiger partial charge in [0.05, 0.1) is 0 Å². The van der Waals surface area contributed by atoms with Crippen LogP contribution >= 0.6 is 0 Å². The van der Waals surface area contributed by atoms with Crippen molar-refractivity contribution in [3.63, 3.8) is 0 Å². The van der Waals surface area contributed by atoms with Gasteiger partial charge in [-0.2, -0.15) is 0 Å². The average molecular weight is 170 g/mol. The third-order valence-electron chi connectivity index (χ3n) is 1.77. The molecule has 0 radical (unpaired) electrons. The summed E-state index contributed by atoms with van der Waals surface area (Å²) in [6, 6.07) is 0. The maximum atomic E-state index is 2.36. The molecule has 0 bridgehead atoms. The normalized spacial score (nSPS) is 18.9. The average Bonchev–Trinajstić information content (AvgIpc) is 2.65. The molecular weight excluding hydrogens is 144 g/mol. The highest BCUT2D eigenvalue weighted by molar-refractivity contribution is 4.95. The maximum Gasteiger partial charge on any atom is -0.0231 e. The molecule has 0 nitrogen and oxygen atoms in total. The molecule has 1 aliphatic rings. The Bertz CT molecular complexity index is 82.0. The van der Waals surface area contributed by atoms with Crippen LogP contribution in [0.3, 0.4) is 0 Å². The van der Waals surface area contributed by atoms with Crippen LogP contribution in [0.25, 0.3) is 0 Å². The summed E-state index contributed by atoms with van der Waals surface area (Å²) in [5.74, 6) is 0.931. The highest BCUT2D eigenvalue weighted by atomic mass is 14.1. The van der Waals surface area contributed by atoms with Gasteiger partial charge in [-0.05, 0) is 25.2 Å². The first kappa shape index (κ1) is 14.3. The van der Waals surface area contributed by atoms with E-state index in [1.807, 2.05) is 27.7 Å². The van der Waals surface area contributed by atoms with Crippen LogP contribution in [-0.4, -0.2) is 0 Å². The van der Waals surface area contributed by atoms with Crippen molar-refractivity contribution in [1.82, 2.24) is 0 Å². The van der Waals surface area contributed by atoms with Crippen molar-refractivity contribution in [2.24, 2.45) is 5.92 Å². The van der Waals surface area contributed by atoms with Gasteiger partial charge in [-0.1, -0.05) is 53.2 Å². The van der Waals surface area contributed by atoms with Gasteiger partial charge >= 0.3 is 0 Å². The summed E-state index contributed by atoms with van der Waals surface area (Å²) in [5.41, 5.74) is 0. The first-order valence-corrected chi connectivity index (χ1v) is 5.60. The second-order valence-electron chi connectivity index (χ2n) is 2.55. The summed E-state index contributed by atoms with van der Waals surface area (Å²) >= 11 is 0. The minimum atomic E-state index is 0.931. The van der Waals surface area contributed by atoms with Crippen LogP contribution in [-0.2, 0) is 0 Å². The van der Waals surface area contributed by atoms with Crippen molar-refractivity contribution >= 4 is 0 Å². The Morgan fingerprint density at radius 2 is 1.75 bits per heavy atom. The maximum absolute atomic E-state index is 2.36. The second kappa shape index (κ2) is 13.3. The van der Waals surface area contributed by atoms with Crippen LogP contribution in [0.15, 0.2) is 12.2 Å². The van der Waals surface area contributed by atoms with Crippen LogP contribution in [0.4, 0.5) is 0 Å². The fraction of sp³-hybridized carbons (Fsp3) is 0.833. The number of rotatable bonds is 2. The van der Waals surface area contributed by atoms with Gasteiger partial charge in [0.2, 0.25) is 0 Å². The van der Waals surface area contributed by atoms with E-state index in [1.165, 1.54) is 25.7 Å². The Kier molecular flexibility index (Phi) is 15.9. The highest BCUT2D eigenvalue weighted by Gasteiger charge is 2.05. The monoisotopic (exact) mass is 170 g/mol. The molecule has 0 aromatic carbocycles. The summed E-state index contributed by atoms with van der Waals surface area (Å²) in [6.07, 6.45) is 10.1. The standard InChI is InChI=1S/C8H14.2C2H6/c1-2-5-8-6-3-4-7-8;2*1-2/h3,6,8H,2,4-5,7H2,1H3;2*1-2H3. The molecule has 0 N–H and O–H groups in total. The van der Waals surface area contributed by atoms with Crippen LogP contribution in [0.5, 0.6) is 0 Å². The van der Waals surface area contributed by atoms with Crippen molar-refractivity contribution in [3.8, 4) is 0 Å². The molecule has 0 aromatic heterocycles. The summed E-state index contributed by atoms with van der Waals surface area (Å²) < 4.78 is 0. The Morgan fingerprint density at radius 1 is 1.17 bits per heavy atom. The molecule has 0 heterocycles. The Morgan fingerprint density at radius 3 is 2.08 bits per heavy atom. The quantitative estimate of drug-likeness (QED) is 0.522. The SMILES string of the molecule is CC.CC.CCCC1C=CCC1. The minimum Gasteiger partial charge on any atom is -0.0882 e. The van der Waals surface area contributed by atoms with E-state index in [-0.39, 0.29) is 0 Å². The molecule has 0 amide bonds. The number of allylic oxidation sites excluding steroid dienone is 2. The second-order valence-corrected chi connectivity index (χ2v) is 2.55. The van der Waals surface area contributed by atoms with E-state index in [0.29, 0.717) is 0 Å². The van der Waals surface area contributed by atoms with Crippen molar-refractivity contribution in [3.05, 3.63) is 12.2 Å². The third-order valence-corrected chi connectivity index (χ3v) is 1.77. The molecule has 0 saturated carbocycles. The van der Waals surface area contributed by atoms with E-state index in [0.717, 1.165) is 5.92 Å². The molecule has 1 unspecified atom stereocenters. The van der Waals surface area contributed by atoms with E-state index in [9.17, 15) is 0 Å². The molecule has 0 fully saturated rings. The smallest absolute Gasteiger partial charge is 0.0231 e. The minimum absolute atomic E-state index is 0.931. The van der Waals surface area contributed by atoms with Crippen LogP contribution < -0.4 is 0 Å². The van der Waals surface area contributed by atoms with Gasteiger partial charge in [-0.25, -0.2) is 0 Å². The van der Waals surface area contributed by atoms with E-state index < -0.39 is 0 Å². The van der Waals surface area contributed by atoms with E-state index >= 15 is 0 Å². The molecule has 74 valence electrons. The molecule has 1 atom stereocenters. The van der Waals surface area contributed by atoms with Crippen LogP contribution in [0, 0.1) is 5.92 Å². The summed E-state index contributed by atoms with van der Waals surface area (Å²) in [7, 11) is 0. The van der Waals surface area contributed by atoms with Gasteiger partial charge in [-0.15, -0.1) is 0 Å². The molecule has 1 aliphatic carbocycles. The Labute approximate surface area is 79.1 Å². The largest absolute Gasteiger partial charge is 0.0882 e. The number of hydrogen-bond acceptors (Lipinski definition) is 0. The van der Waals surface area contributed by atoms with Gasteiger partial charge in [0.15, 0.2) is 0 Å². The first-order valence-electron chi connectivity index (χ1n) is 5.60. The lowest BCUT2D eigenvalue weighted by atomic mass is 10.0. The number of hydrogen-bond donors (Lipinski definition) is 0. The lowest BCUT2D eigenvalue weighted by molar-refractivity contribution is 0.569. The summed E-state index contributed by atoms with van der Waals surface area (Å²) in [6.45, 7) is 10.3. The summed E-state index contributed by atoms with van der Waals surface area (Å²) in [5, 5.41) is 0. The lowest BCUT2D eigenvalue weighted by Crippen LogP contribution is -1.88. The van der Waals surface area contributed by atoms with Crippen molar-refractivity contribution in [2.75, 3.05) is 0 Å². The Balaban J connectivity index is 0. The molecule has 0 saturated heterocycles. The molecule has 0 spiro atoms. The van der Waals surface area contributed by atoms with Gasteiger partial charge in [0, 0.05) is 0 Å². The highest BCUT2D eigenvalue weighted by Crippen LogP contribution is 2.20. The zero-order valence-corrected chi connectivity index (χ0v) is 9.56. The zero-order chi connectivity index (χ0) is 9.82. The molecule has 0 aliphatic heterocycles. The van der Waals surface area contributed by atoms with Gasteiger partial charge in [0.25, 0.3) is 0 Å². The Hall–Kier alpha value is -0.260. The molecule has 0 heteroatoms. The predicted octanol–water partition coefficient (Wildman–Crippen LogP) is 4.81. The van der Waals surface area contributed by atoms with Crippen molar-refractivity contribution < 1.29 is 0 Å². The van der Waals surface area contributed by atoms with Crippen molar-refractivity contribution in [2.45, 2.75) is 60.3 Å². The van der Waals surface area contributed by atoms with Crippen molar-refractivity contribution in [1.29, 1.82) is 0 Å². The van der Waals surface area contributed by atoms with Crippen LogP contribution in [0.1, 0.15) is 60.3 Å². The molecule has 0 aromatic rings. The molecule has 1 rings (SSSR count). The van der Waals surface area contributed by atoms with Crippen LogP contribution in [0.2, 0.25) is 0 Å². The fourth-order valence-corrected chi connectivity index (χ4v) is 1.31. The topological polar surface area (TPSA) is 0 Å². The first-order chi connectivity index (χ1) is 5.93. The van der Waals surface area contributed by atoms with Gasteiger partial charge < -0.3 is 0 Å². The van der Waals surface area contributed by atoms with E-state index in [1.54, 1.807) is 0 Å².